The minimum absolute atomic E-state index is 0. The molecule has 0 radical (unpaired) electrons. The molecular formula is C31H40N2NiO4. The third-order valence-corrected chi connectivity index (χ3v) is 5.88. The van der Waals surface area contributed by atoms with Crippen LogP contribution in [-0.2, 0) is 27.3 Å². The van der Waals surface area contributed by atoms with Crippen LogP contribution in [0.2, 0.25) is 0 Å². The largest absolute Gasteiger partial charge is 2.00 e. The van der Waals surface area contributed by atoms with Crippen molar-refractivity contribution in [2.75, 3.05) is 14.2 Å². The number of ether oxygens (including phenoxy) is 2. The van der Waals surface area contributed by atoms with Crippen molar-refractivity contribution in [3.63, 3.8) is 0 Å². The summed E-state index contributed by atoms with van der Waals surface area (Å²) in [5.41, 5.74) is 5.36. The summed E-state index contributed by atoms with van der Waals surface area (Å²) in [4.78, 5) is 8.75. The normalized spacial score (nSPS) is 11.4. The van der Waals surface area contributed by atoms with Crippen LogP contribution < -0.4 is 19.7 Å². The van der Waals surface area contributed by atoms with E-state index in [0.29, 0.717) is 22.6 Å². The monoisotopic (exact) mass is 562 g/mol. The van der Waals surface area contributed by atoms with Crippen molar-refractivity contribution in [2.45, 2.75) is 73.1 Å². The Balaban J connectivity index is 0.000000374. The Morgan fingerprint density at radius 1 is 0.789 bits per heavy atom. The summed E-state index contributed by atoms with van der Waals surface area (Å²) in [5, 5.41) is 25.0. The minimum atomic E-state index is -0.500. The zero-order valence-electron chi connectivity index (χ0n) is 24.4. The number of aromatic nitrogens is 1. The first-order valence-electron chi connectivity index (χ1n) is 12.3. The van der Waals surface area contributed by atoms with Crippen molar-refractivity contribution < 1.29 is 36.2 Å². The zero-order chi connectivity index (χ0) is 28.1. The van der Waals surface area contributed by atoms with Crippen LogP contribution in [0, 0.1) is 20.8 Å². The molecule has 3 rings (SSSR count). The van der Waals surface area contributed by atoms with E-state index in [0.717, 1.165) is 11.4 Å². The molecule has 0 fully saturated rings. The average Bonchev–Trinajstić information content (AvgIpc) is 2.79. The molecule has 0 spiro atoms. The van der Waals surface area contributed by atoms with Gasteiger partial charge in [-0.3, -0.25) is 9.98 Å². The van der Waals surface area contributed by atoms with Gasteiger partial charge in [-0.25, -0.2) is 0 Å². The smallest absolute Gasteiger partial charge is 0.873 e. The van der Waals surface area contributed by atoms with Crippen LogP contribution in [0.15, 0.2) is 41.5 Å². The number of hydrogen-bond donors (Lipinski definition) is 0. The predicted octanol–water partition coefficient (Wildman–Crippen LogP) is 6.20. The molecule has 1 aromatic heterocycles. The van der Waals surface area contributed by atoms with Gasteiger partial charge in [-0.1, -0.05) is 65.3 Å². The van der Waals surface area contributed by atoms with E-state index in [1.165, 1.54) is 30.9 Å². The van der Waals surface area contributed by atoms with E-state index in [1.807, 2.05) is 66.0 Å². The first-order chi connectivity index (χ1) is 17.1. The third kappa shape index (κ3) is 7.74. The van der Waals surface area contributed by atoms with Crippen LogP contribution in [0.1, 0.15) is 75.1 Å². The average molecular weight is 563 g/mol. The maximum absolute atomic E-state index is 12.5. The Labute approximate surface area is 238 Å². The zero-order valence-corrected chi connectivity index (χ0v) is 25.4. The van der Waals surface area contributed by atoms with Crippen molar-refractivity contribution in [1.82, 2.24) is 4.98 Å². The van der Waals surface area contributed by atoms with E-state index in [2.05, 4.69) is 42.9 Å². The van der Waals surface area contributed by atoms with Crippen LogP contribution >= 0.6 is 0 Å². The minimum Gasteiger partial charge on any atom is -0.873 e. The van der Waals surface area contributed by atoms with Gasteiger partial charge in [-0.2, -0.15) is 0 Å². The second kappa shape index (κ2) is 13.1. The van der Waals surface area contributed by atoms with Gasteiger partial charge in [-0.05, 0) is 66.0 Å². The molecule has 6 nitrogen and oxygen atoms in total. The second-order valence-electron chi connectivity index (χ2n) is 11.2. The summed E-state index contributed by atoms with van der Waals surface area (Å²) in [6, 6.07) is 10.1. The first-order valence-corrected chi connectivity index (χ1v) is 12.3. The van der Waals surface area contributed by atoms with Crippen LogP contribution in [0.4, 0.5) is 5.69 Å². The molecule has 7 heteroatoms. The third-order valence-electron chi connectivity index (χ3n) is 5.88. The summed E-state index contributed by atoms with van der Waals surface area (Å²) in [6.45, 7) is 17.5. The molecule has 0 saturated heterocycles. The molecule has 0 saturated carbocycles. The standard InChI is InChI=1S/C16H26O4.C15H16N2.Ni/c1-15(2,3)9-11(17)12(18)10(16(4,5)6)14(20-8)13(9)19-7;1-11-8-12(2)15(13(3)9-11)17-10-14-6-4-5-7-16-14;/h17-18H,1-8H3;4-10H,1-3H3;/q;;+2/p-2. The summed E-state index contributed by atoms with van der Waals surface area (Å²) in [6.07, 6.45) is 3.58. The number of nitrogens with zero attached hydrogens (tertiary/aromatic N) is 2. The van der Waals surface area contributed by atoms with Crippen LogP contribution in [0.5, 0.6) is 23.0 Å². The Morgan fingerprint density at radius 3 is 1.58 bits per heavy atom. The maximum Gasteiger partial charge on any atom is 2.00 e. The van der Waals surface area contributed by atoms with E-state index in [4.69, 9.17) is 9.47 Å². The molecule has 208 valence electrons. The van der Waals surface area contributed by atoms with E-state index in [-0.39, 0.29) is 16.5 Å². The fourth-order valence-electron chi connectivity index (χ4n) is 4.37. The molecule has 0 atom stereocenters. The fraction of sp³-hybridized carbons (Fsp3) is 0.419. The van der Waals surface area contributed by atoms with Gasteiger partial charge < -0.3 is 19.7 Å². The van der Waals surface area contributed by atoms with E-state index in [1.54, 1.807) is 6.20 Å². The quantitative estimate of drug-likeness (QED) is 0.279. The van der Waals surface area contributed by atoms with E-state index >= 15 is 0 Å². The van der Waals surface area contributed by atoms with Gasteiger partial charge in [0.1, 0.15) is 0 Å². The van der Waals surface area contributed by atoms with Crippen molar-refractivity contribution in [3.8, 4) is 23.0 Å². The number of methoxy groups -OCH3 is 2. The number of hydrogen-bond acceptors (Lipinski definition) is 6. The Morgan fingerprint density at radius 2 is 1.24 bits per heavy atom. The Kier molecular flexibility index (Phi) is 11.4. The topological polar surface area (TPSA) is 89.8 Å². The van der Waals surface area contributed by atoms with E-state index < -0.39 is 22.3 Å². The molecule has 3 aromatic rings. The summed E-state index contributed by atoms with van der Waals surface area (Å²) in [5.74, 6) is -0.260. The SMILES string of the molecule is COc1c(OC)c(C(C)(C)C)c([O-])c([O-])c1C(C)(C)C.Cc1cc(C)c(N=Cc2ccccn2)c(C)c1.[Ni+2]. The Bertz CT molecular complexity index is 1190. The molecule has 0 aliphatic rings. The summed E-state index contributed by atoms with van der Waals surface area (Å²) < 4.78 is 10.8. The van der Waals surface area contributed by atoms with Crippen LogP contribution in [0.3, 0.4) is 0 Å². The van der Waals surface area contributed by atoms with Crippen molar-refractivity contribution >= 4 is 11.9 Å². The number of benzene rings is 2. The number of pyridine rings is 1. The molecule has 0 unspecified atom stereocenters. The summed E-state index contributed by atoms with van der Waals surface area (Å²) in [7, 11) is 2.98. The van der Waals surface area contributed by atoms with Crippen LogP contribution in [-0.4, -0.2) is 25.4 Å². The van der Waals surface area contributed by atoms with E-state index in [9.17, 15) is 10.2 Å². The number of aliphatic imine (C=N–C) groups is 1. The van der Waals surface area contributed by atoms with Gasteiger partial charge in [-0.15, -0.1) is 11.5 Å². The van der Waals surface area contributed by atoms with Gasteiger partial charge in [0.25, 0.3) is 0 Å². The van der Waals surface area contributed by atoms with Crippen molar-refractivity contribution in [3.05, 3.63) is 70.0 Å². The number of aryl methyl sites for hydroxylation is 3. The first kappa shape index (κ1) is 33.0. The molecule has 38 heavy (non-hydrogen) atoms. The number of rotatable bonds is 4. The molecule has 0 aliphatic heterocycles. The van der Waals surface area contributed by atoms with Gasteiger partial charge in [0.2, 0.25) is 0 Å². The van der Waals surface area contributed by atoms with Crippen molar-refractivity contribution in [2.24, 2.45) is 4.99 Å². The predicted molar refractivity (Wildman–Crippen MR) is 148 cm³/mol. The fourth-order valence-corrected chi connectivity index (χ4v) is 4.37. The molecule has 2 aromatic carbocycles. The van der Waals surface area contributed by atoms with Gasteiger partial charge in [0.05, 0.1) is 31.8 Å². The second-order valence-corrected chi connectivity index (χ2v) is 11.2. The molecular weight excluding hydrogens is 523 g/mol. The van der Waals surface area contributed by atoms with Gasteiger partial charge in [0.15, 0.2) is 11.5 Å². The molecule has 0 aliphatic carbocycles. The summed E-state index contributed by atoms with van der Waals surface area (Å²) >= 11 is 0. The van der Waals surface area contributed by atoms with Gasteiger partial charge >= 0.3 is 16.5 Å². The van der Waals surface area contributed by atoms with Crippen molar-refractivity contribution in [1.29, 1.82) is 0 Å². The molecule has 0 amide bonds. The molecule has 0 N–H and O–H groups in total. The molecule has 0 bridgehead atoms. The molecule has 1 heterocycles. The van der Waals surface area contributed by atoms with Crippen LogP contribution in [0.25, 0.3) is 0 Å². The Hall–Kier alpha value is -3.05. The maximum atomic E-state index is 12.5. The van der Waals surface area contributed by atoms with Gasteiger partial charge in [0, 0.05) is 6.20 Å².